The maximum atomic E-state index is 13.0. The zero-order chi connectivity index (χ0) is 17.6. The quantitative estimate of drug-likeness (QED) is 0.660. The third-order valence-corrected chi connectivity index (χ3v) is 5.72. The number of para-hydroxylation sites is 1. The number of ether oxygens (including phenoxy) is 1. The first-order chi connectivity index (χ1) is 12.1. The van der Waals surface area contributed by atoms with Crippen LogP contribution in [0.2, 0.25) is 0 Å². The van der Waals surface area contributed by atoms with Crippen molar-refractivity contribution >= 4 is 34.1 Å². The molecule has 5 nitrogen and oxygen atoms in total. The lowest BCUT2D eigenvalue weighted by Crippen LogP contribution is -2.42. The maximum Gasteiger partial charge on any atom is 0.251 e. The Morgan fingerprint density at radius 2 is 2.16 bits per heavy atom. The fraction of sp³-hybridized carbons (Fsp3) is 0.474. The van der Waals surface area contributed by atoms with E-state index in [9.17, 15) is 4.79 Å². The molecule has 2 aliphatic rings. The fourth-order valence-corrected chi connectivity index (χ4v) is 4.56. The number of H-pyrrole nitrogens is 1. The summed E-state index contributed by atoms with van der Waals surface area (Å²) >= 11 is 5.66. The van der Waals surface area contributed by atoms with Gasteiger partial charge in [-0.1, -0.05) is 18.2 Å². The molecule has 0 bridgehead atoms. The smallest absolute Gasteiger partial charge is 0.251 e. The van der Waals surface area contributed by atoms with Crippen LogP contribution in [0.5, 0.6) is 0 Å². The first-order valence-electron chi connectivity index (χ1n) is 8.94. The Labute approximate surface area is 152 Å². The molecule has 0 saturated carbocycles. The average molecular weight is 357 g/mol. The van der Waals surface area contributed by atoms with Crippen LogP contribution in [-0.4, -0.2) is 51.6 Å². The molecule has 0 aliphatic carbocycles. The molecular weight excluding hydrogens is 334 g/mol. The Bertz CT molecular complexity index is 831. The van der Waals surface area contributed by atoms with E-state index in [1.54, 1.807) is 4.90 Å². The number of hydrogen-bond acceptors (Lipinski definition) is 3. The lowest BCUT2D eigenvalue weighted by Gasteiger charge is -2.35. The first kappa shape index (κ1) is 16.5. The molecule has 0 radical (unpaired) electrons. The van der Waals surface area contributed by atoms with Gasteiger partial charge in [0, 0.05) is 42.8 Å². The molecule has 1 N–H and O–H groups in total. The molecule has 1 fully saturated rings. The lowest BCUT2D eigenvalue weighted by molar-refractivity contribution is -0.128. The summed E-state index contributed by atoms with van der Waals surface area (Å²) in [5.74, 6) is 0.129. The molecule has 0 spiro atoms. The third kappa shape index (κ3) is 2.55. The summed E-state index contributed by atoms with van der Waals surface area (Å²) in [6.07, 6.45) is 1.52. The number of rotatable bonds is 5. The minimum absolute atomic E-state index is 0.0782. The molecule has 2 aliphatic heterocycles. The van der Waals surface area contributed by atoms with Gasteiger partial charge in [-0.05, 0) is 44.1 Å². The van der Waals surface area contributed by atoms with Crippen LogP contribution in [0.3, 0.4) is 0 Å². The lowest BCUT2D eigenvalue weighted by atomic mass is 9.93. The van der Waals surface area contributed by atoms with Crippen LogP contribution in [0.1, 0.15) is 37.6 Å². The Hall–Kier alpha value is -1.92. The molecule has 2 atom stereocenters. The number of hydrogen-bond donors (Lipinski definition) is 1. The van der Waals surface area contributed by atoms with Crippen molar-refractivity contribution in [2.45, 2.75) is 38.8 Å². The van der Waals surface area contributed by atoms with Crippen LogP contribution >= 0.6 is 12.2 Å². The molecule has 25 heavy (non-hydrogen) atoms. The van der Waals surface area contributed by atoms with Crippen LogP contribution < -0.4 is 0 Å². The highest BCUT2D eigenvalue weighted by Gasteiger charge is 2.48. The molecule has 0 unspecified atom stereocenters. The topological polar surface area (TPSA) is 48.6 Å². The standard InChI is InChI=1S/C19H23N3O2S/c1-3-24-10-6-9-21-18(23)16-11-14-13-7-4-5-8-15(13)20-17(14)12(2)22(16)19(21)25/h4-5,7-8,12,16,20H,3,6,9-11H2,1-2H3/t12-,16+/m0/s1. The monoisotopic (exact) mass is 357 g/mol. The van der Waals surface area contributed by atoms with E-state index in [1.165, 1.54) is 16.6 Å². The number of fused-ring (bicyclic) bond motifs is 4. The maximum absolute atomic E-state index is 13.0. The number of carbonyl (C=O) groups is 1. The van der Waals surface area contributed by atoms with Crippen molar-refractivity contribution in [2.24, 2.45) is 0 Å². The van der Waals surface area contributed by atoms with Crippen LogP contribution in [0, 0.1) is 0 Å². The largest absolute Gasteiger partial charge is 0.382 e. The minimum atomic E-state index is -0.179. The minimum Gasteiger partial charge on any atom is -0.382 e. The van der Waals surface area contributed by atoms with Gasteiger partial charge in [0.1, 0.15) is 6.04 Å². The van der Waals surface area contributed by atoms with Crippen LogP contribution in [-0.2, 0) is 16.0 Å². The van der Waals surface area contributed by atoms with E-state index in [1.807, 2.05) is 13.0 Å². The highest BCUT2D eigenvalue weighted by atomic mass is 32.1. The van der Waals surface area contributed by atoms with Crippen molar-refractivity contribution in [1.29, 1.82) is 0 Å². The Kier molecular flexibility index (Phi) is 4.25. The number of thiocarbonyl (C=S) groups is 1. The zero-order valence-corrected chi connectivity index (χ0v) is 15.4. The van der Waals surface area contributed by atoms with Gasteiger partial charge in [0.05, 0.1) is 6.04 Å². The van der Waals surface area contributed by atoms with Gasteiger partial charge in [-0.3, -0.25) is 9.69 Å². The van der Waals surface area contributed by atoms with Crippen molar-refractivity contribution in [3.8, 4) is 0 Å². The van der Waals surface area contributed by atoms with Crippen molar-refractivity contribution in [3.05, 3.63) is 35.5 Å². The van der Waals surface area contributed by atoms with E-state index in [0.717, 1.165) is 11.9 Å². The van der Waals surface area contributed by atoms with Crippen LogP contribution in [0.4, 0.5) is 0 Å². The Morgan fingerprint density at radius 3 is 2.96 bits per heavy atom. The molecular formula is C19H23N3O2S. The van der Waals surface area contributed by atoms with Gasteiger partial charge in [0.15, 0.2) is 5.11 Å². The molecule has 1 aromatic carbocycles. The van der Waals surface area contributed by atoms with Crippen molar-refractivity contribution in [2.75, 3.05) is 19.8 Å². The number of aromatic nitrogens is 1. The van der Waals surface area contributed by atoms with Crippen molar-refractivity contribution in [1.82, 2.24) is 14.8 Å². The van der Waals surface area contributed by atoms with Crippen LogP contribution in [0.15, 0.2) is 24.3 Å². The molecule has 2 aromatic rings. The zero-order valence-electron chi connectivity index (χ0n) is 14.6. The number of benzene rings is 1. The van der Waals surface area contributed by atoms with Crippen LogP contribution in [0.25, 0.3) is 10.9 Å². The van der Waals surface area contributed by atoms with E-state index in [4.69, 9.17) is 17.0 Å². The molecule has 6 heteroatoms. The second-order valence-electron chi connectivity index (χ2n) is 6.69. The highest BCUT2D eigenvalue weighted by Crippen LogP contribution is 2.40. The van der Waals surface area contributed by atoms with Gasteiger partial charge >= 0.3 is 0 Å². The summed E-state index contributed by atoms with van der Waals surface area (Å²) in [5, 5.41) is 1.88. The van der Waals surface area contributed by atoms with E-state index < -0.39 is 0 Å². The normalized spacial score (nSPS) is 22.6. The summed E-state index contributed by atoms with van der Waals surface area (Å²) in [5.41, 5.74) is 3.58. The summed E-state index contributed by atoms with van der Waals surface area (Å²) < 4.78 is 5.39. The second-order valence-corrected chi connectivity index (χ2v) is 7.05. The van der Waals surface area contributed by atoms with Gasteiger partial charge in [0.2, 0.25) is 0 Å². The number of carbonyl (C=O) groups excluding carboxylic acids is 1. The van der Waals surface area contributed by atoms with E-state index in [2.05, 4.69) is 35.0 Å². The predicted octanol–water partition coefficient (Wildman–Crippen LogP) is 3.01. The molecule has 4 rings (SSSR count). The third-order valence-electron chi connectivity index (χ3n) is 5.29. The molecule has 132 valence electrons. The molecule has 1 amide bonds. The number of aromatic amines is 1. The van der Waals surface area contributed by atoms with Gasteiger partial charge < -0.3 is 14.6 Å². The predicted molar refractivity (Wildman–Crippen MR) is 101 cm³/mol. The highest BCUT2D eigenvalue weighted by molar-refractivity contribution is 7.80. The first-order valence-corrected chi connectivity index (χ1v) is 9.35. The van der Waals surface area contributed by atoms with Gasteiger partial charge in [-0.25, -0.2) is 0 Å². The fourth-order valence-electron chi connectivity index (χ4n) is 4.09. The Balaban J connectivity index is 1.62. The molecule has 3 heterocycles. The van der Waals surface area contributed by atoms with Gasteiger partial charge in [-0.15, -0.1) is 0 Å². The van der Waals surface area contributed by atoms with E-state index >= 15 is 0 Å². The summed E-state index contributed by atoms with van der Waals surface area (Å²) in [6.45, 7) is 6.10. The van der Waals surface area contributed by atoms with Gasteiger partial charge in [-0.2, -0.15) is 0 Å². The number of nitrogens with zero attached hydrogens (tertiary/aromatic N) is 2. The second kappa shape index (κ2) is 6.42. The number of nitrogens with one attached hydrogen (secondary N) is 1. The molecule has 1 aromatic heterocycles. The average Bonchev–Trinajstić information content (AvgIpc) is 3.10. The summed E-state index contributed by atoms with van der Waals surface area (Å²) in [7, 11) is 0. The van der Waals surface area contributed by atoms with Gasteiger partial charge in [0.25, 0.3) is 5.91 Å². The van der Waals surface area contributed by atoms with E-state index in [0.29, 0.717) is 31.3 Å². The van der Waals surface area contributed by atoms with E-state index in [-0.39, 0.29) is 18.0 Å². The van der Waals surface area contributed by atoms with Crippen molar-refractivity contribution < 1.29 is 9.53 Å². The number of amides is 1. The molecule has 1 saturated heterocycles. The van der Waals surface area contributed by atoms with Crippen molar-refractivity contribution in [3.63, 3.8) is 0 Å². The summed E-state index contributed by atoms with van der Waals surface area (Å²) in [4.78, 5) is 20.4. The summed E-state index contributed by atoms with van der Waals surface area (Å²) in [6, 6.07) is 8.20. The Morgan fingerprint density at radius 1 is 1.36 bits per heavy atom. The SMILES string of the molecule is CCOCCCN1C(=O)[C@H]2Cc3c([nH]c4ccccc34)[C@H](C)N2C1=S.